The van der Waals surface area contributed by atoms with Gasteiger partial charge in [0, 0.05) is 19.1 Å². The first kappa shape index (κ1) is 9.61. The molecular formula is C9H15N3O2. The summed E-state index contributed by atoms with van der Waals surface area (Å²) in [7, 11) is 0. The van der Waals surface area contributed by atoms with Crippen LogP contribution in [0.4, 0.5) is 0 Å². The Kier molecular flexibility index (Phi) is 3.10. The standard InChI is InChI=1S/C9H15N3O2/c13-5-9-11-10-7-12(9)4-8-2-1-3-14-6-8/h7-8,13H,1-6H2. The van der Waals surface area contributed by atoms with E-state index in [1.165, 1.54) is 6.42 Å². The fourth-order valence-electron chi connectivity index (χ4n) is 1.78. The number of nitrogens with zero attached hydrogens (tertiary/aromatic N) is 3. The third-order valence-corrected chi connectivity index (χ3v) is 2.55. The largest absolute Gasteiger partial charge is 0.388 e. The lowest BCUT2D eigenvalue weighted by atomic mass is 10.0. The number of ether oxygens (including phenoxy) is 1. The third kappa shape index (κ3) is 2.10. The number of aromatic nitrogens is 3. The van der Waals surface area contributed by atoms with Crippen molar-refractivity contribution in [3.8, 4) is 0 Å². The summed E-state index contributed by atoms with van der Waals surface area (Å²) in [6, 6.07) is 0. The number of hydrogen-bond donors (Lipinski definition) is 1. The Hall–Kier alpha value is -0.940. The Morgan fingerprint density at radius 2 is 2.57 bits per heavy atom. The van der Waals surface area contributed by atoms with Gasteiger partial charge in [-0.15, -0.1) is 10.2 Å². The molecule has 0 aromatic carbocycles. The topological polar surface area (TPSA) is 60.2 Å². The average Bonchev–Trinajstić information content (AvgIpc) is 2.67. The predicted molar refractivity (Wildman–Crippen MR) is 49.5 cm³/mol. The molecule has 0 saturated carbocycles. The molecule has 78 valence electrons. The highest BCUT2D eigenvalue weighted by Gasteiger charge is 2.15. The molecule has 0 bridgehead atoms. The van der Waals surface area contributed by atoms with Crippen molar-refractivity contribution in [3.63, 3.8) is 0 Å². The second-order valence-corrected chi connectivity index (χ2v) is 3.64. The highest BCUT2D eigenvalue weighted by Crippen LogP contribution is 2.15. The van der Waals surface area contributed by atoms with Crippen LogP contribution >= 0.6 is 0 Å². The van der Waals surface area contributed by atoms with E-state index >= 15 is 0 Å². The van der Waals surface area contributed by atoms with Crippen molar-refractivity contribution in [2.24, 2.45) is 5.92 Å². The molecule has 1 aromatic heterocycles. The van der Waals surface area contributed by atoms with Gasteiger partial charge in [-0.3, -0.25) is 0 Å². The van der Waals surface area contributed by atoms with Crippen LogP contribution in [0.2, 0.25) is 0 Å². The van der Waals surface area contributed by atoms with Gasteiger partial charge in [-0.25, -0.2) is 0 Å². The molecule has 2 heterocycles. The Labute approximate surface area is 82.7 Å². The van der Waals surface area contributed by atoms with Crippen LogP contribution in [0.15, 0.2) is 6.33 Å². The summed E-state index contributed by atoms with van der Waals surface area (Å²) in [6.45, 7) is 2.49. The van der Waals surface area contributed by atoms with Crippen LogP contribution in [-0.4, -0.2) is 33.1 Å². The fourth-order valence-corrected chi connectivity index (χ4v) is 1.78. The van der Waals surface area contributed by atoms with E-state index in [9.17, 15) is 0 Å². The Morgan fingerprint density at radius 1 is 1.64 bits per heavy atom. The molecule has 1 saturated heterocycles. The number of aliphatic hydroxyl groups is 1. The minimum Gasteiger partial charge on any atom is -0.388 e. The normalized spacial score (nSPS) is 22.5. The van der Waals surface area contributed by atoms with E-state index in [2.05, 4.69) is 10.2 Å². The molecule has 5 nitrogen and oxygen atoms in total. The van der Waals surface area contributed by atoms with Crippen molar-refractivity contribution in [3.05, 3.63) is 12.2 Å². The Balaban J connectivity index is 1.95. The maximum absolute atomic E-state index is 8.98. The summed E-state index contributed by atoms with van der Waals surface area (Å²) in [5.74, 6) is 1.17. The van der Waals surface area contributed by atoms with Crippen LogP contribution in [0.3, 0.4) is 0 Å². The van der Waals surface area contributed by atoms with Crippen LogP contribution in [0.1, 0.15) is 18.7 Å². The summed E-state index contributed by atoms with van der Waals surface area (Å²) >= 11 is 0. The average molecular weight is 197 g/mol. The molecule has 0 amide bonds. The molecule has 1 atom stereocenters. The van der Waals surface area contributed by atoms with Crippen molar-refractivity contribution >= 4 is 0 Å². The van der Waals surface area contributed by atoms with Gasteiger partial charge in [-0.2, -0.15) is 0 Å². The first-order chi connectivity index (χ1) is 6.90. The molecule has 0 spiro atoms. The van der Waals surface area contributed by atoms with Gasteiger partial charge in [-0.05, 0) is 12.8 Å². The smallest absolute Gasteiger partial charge is 0.158 e. The Bertz CT molecular complexity index is 281. The third-order valence-electron chi connectivity index (χ3n) is 2.55. The van der Waals surface area contributed by atoms with Crippen molar-refractivity contribution in [1.29, 1.82) is 0 Å². The van der Waals surface area contributed by atoms with Crippen molar-refractivity contribution in [2.45, 2.75) is 26.0 Å². The van der Waals surface area contributed by atoms with Crippen molar-refractivity contribution in [2.75, 3.05) is 13.2 Å². The number of hydrogen-bond acceptors (Lipinski definition) is 4. The summed E-state index contributed by atoms with van der Waals surface area (Å²) < 4.78 is 7.29. The van der Waals surface area contributed by atoms with E-state index in [0.717, 1.165) is 26.2 Å². The van der Waals surface area contributed by atoms with Crippen LogP contribution in [0, 0.1) is 5.92 Å². The minimum absolute atomic E-state index is 0.0480. The van der Waals surface area contributed by atoms with Gasteiger partial charge in [-0.1, -0.05) is 0 Å². The number of aliphatic hydroxyl groups excluding tert-OH is 1. The highest BCUT2D eigenvalue weighted by atomic mass is 16.5. The lowest BCUT2D eigenvalue weighted by molar-refractivity contribution is 0.0476. The van der Waals surface area contributed by atoms with E-state index < -0.39 is 0 Å². The zero-order valence-corrected chi connectivity index (χ0v) is 8.09. The van der Waals surface area contributed by atoms with Gasteiger partial charge in [0.05, 0.1) is 6.61 Å². The molecule has 1 aromatic rings. The lowest BCUT2D eigenvalue weighted by Gasteiger charge is -2.22. The van der Waals surface area contributed by atoms with Gasteiger partial charge in [0.25, 0.3) is 0 Å². The molecule has 1 aliphatic heterocycles. The van der Waals surface area contributed by atoms with Crippen LogP contribution in [-0.2, 0) is 17.9 Å². The van der Waals surface area contributed by atoms with Crippen LogP contribution < -0.4 is 0 Å². The minimum atomic E-state index is -0.0480. The second-order valence-electron chi connectivity index (χ2n) is 3.64. The molecule has 1 N–H and O–H groups in total. The fraction of sp³-hybridized carbons (Fsp3) is 0.778. The molecule has 14 heavy (non-hydrogen) atoms. The molecule has 1 aliphatic rings. The molecule has 0 aliphatic carbocycles. The molecule has 1 fully saturated rings. The first-order valence-corrected chi connectivity index (χ1v) is 4.95. The van der Waals surface area contributed by atoms with Crippen molar-refractivity contribution < 1.29 is 9.84 Å². The molecular weight excluding hydrogens is 182 g/mol. The second kappa shape index (κ2) is 4.52. The monoisotopic (exact) mass is 197 g/mol. The van der Waals surface area contributed by atoms with Gasteiger partial charge < -0.3 is 14.4 Å². The Morgan fingerprint density at radius 3 is 3.29 bits per heavy atom. The van der Waals surface area contributed by atoms with Gasteiger partial charge >= 0.3 is 0 Å². The maximum Gasteiger partial charge on any atom is 0.158 e. The van der Waals surface area contributed by atoms with E-state index in [-0.39, 0.29) is 6.61 Å². The summed E-state index contributed by atoms with van der Waals surface area (Å²) in [4.78, 5) is 0. The van der Waals surface area contributed by atoms with Gasteiger partial charge in [0.15, 0.2) is 5.82 Å². The van der Waals surface area contributed by atoms with Crippen LogP contribution in [0.5, 0.6) is 0 Å². The SMILES string of the molecule is OCc1nncn1CC1CCCOC1. The van der Waals surface area contributed by atoms with Gasteiger partial charge in [0.1, 0.15) is 12.9 Å². The van der Waals surface area contributed by atoms with Crippen molar-refractivity contribution in [1.82, 2.24) is 14.8 Å². The van der Waals surface area contributed by atoms with Crippen LogP contribution in [0.25, 0.3) is 0 Å². The zero-order chi connectivity index (χ0) is 9.80. The predicted octanol–water partition coefficient (Wildman–Crippen LogP) is 0.197. The molecule has 5 heteroatoms. The van der Waals surface area contributed by atoms with E-state index in [4.69, 9.17) is 9.84 Å². The van der Waals surface area contributed by atoms with Gasteiger partial charge in [0.2, 0.25) is 0 Å². The first-order valence-electron chi connectivity index (χ1n) is 4.95. The molecule has 2 rings (SSSR count). The van der Waals surface area contributed by atoms with E-state index in [1.807, 2.05) is 4.57 Å². The van der Waals surface area contributed by atoms with E-state index in [0.29, 0.717) is 11.7 Å². The summed E-state index contributed by atoms with van der Waals surface area (Å²) in [5.41, 5.74) is 0. The quantitative estimate of drug-likeness (QED) is 0.751. The molecule has 0 radical (unpaired) electrons. The highest BCUT2D eigenvalue weighted by molar-refractivity contribution is 4.83. The number of rotatable bonds is 3. The maximum atomic E-state index is 8.98. The molecule has 1 unspecified atom stereocenters. The lowest BCUT2D eigenvalue weighted by Crippen LogP contribution is -2.22. The van der Waals surface area contributed by atoms with E-state index in [1.54, 1.807) is 6.33 Å². The summed E-state index contributed by atoms with van der Waals surface area (Å²) in [6.07, 6.45) is 3.98. The summed E-state index contributed by atoms with van der Waals surface area (Å²) in [5, 5.41) is 16.6. The zero-order valence-electron chi connectivity index (χ0n) is 8.09.